The first-order valence-electron chi connectivity index (χ1n) is 12.2. The molecule has 39 heavy (non-hydrogen) atoms. The van der Waals surface area contributed by atoms with Crippen LogP contribution in [0.2, 0.25) is 0 Å². The maximum atomic E-state index is 13.1. The Bertz CT molecular complexity index is 1470. The SMILES string of the molecule is CCOC(=O)c1cccc(N2C(=O)C(Cl)=C(Nc3ccc(C(=O)Nc4ccccc4OC(C)C)cc3)C2=O)c1. The number of benzene rings is 3. The van der Waals surface area contributed by atoms with Crippen molar-refractivity contribution in [2.24, 2.45) is 0 Å². The maximum Gasteiger partial charge on any atom is 0.338 e. The Labute approximate surface area is 230 Å². The van der Waals surface area contributed by atoms with Gasteiger partial charge in [-0.1, -0.05) is 29.8 Å². The molecule has 3 aromatic rings. The van der Waals surface area contributed by atoms with Gasteiger partial charge in [0.1, 0.15) is 16.5 Å². The predicted octanol–water partition coefficient (Wildman–Crippen LogP) is 5.34. The first-order chi connectivity index (χ1) is 18.7. The molecule has 200 valence electrons. The number of imide groups is 1. The number of carbonyl (C=O) groups is 4. The van der Waals surface area contributed by atoms with Gasteiger partial charge < -0.3 is 20.1 Å². The van der Waals surface area contributed by atoms with Gasteiger partial charge in [-0.15, -0.1) is 0 Å². The van der Waals surface area contributed by atoms with Gasteiger partial charge in [0.25, 0.3) is 17.7 Å². The van der Waals surface area contributed by atoms with Crippen LogP contribution in [0.15, 0.2) is 83.5 Å². The van der Waals surface area contributed by atoms with E-state index in [0.717, 1.165) is 4.90 Å². The zero-order valence-corrected chi connectivity index (χ0v) is 22.2. The van der Waals surface area contributed by atoms with E-state index in [-0.39, 0.29) is 40.6 Å². The Morgan fingerprint density at radius 2 is 1.64 bits per heavy atom. The lowest BCUT2D eigenvalue weighted by Gasteiger charge is -2.16. The molecule has 0 saturated carbocycles. The van der Waals surface area contributed by atoms with Gasteiger partial charge in [-0.2, -0.15) is 0 Å². The highest BCUT2D eigenvalue weighted by atomic mass is 35.5. The Morgan fingerprint density at radius 3 is 2.33 bits per heavy atom. The molecule has 3 aromatic carbocycles. The summed E-state index contributed by atoms with van der Waals surface area (Å²) in [6, 6.07) is 19.4. The summed E-state index contributed by atoms with van der Waals surface area (Å²) >= 11 is 6.23. The number of nitrogens with one attached hydrogen (secondary N) is 2. The molecular formula is C29H26ClN3O6. The molecule has 1 heterocycles. The van der Waals surface area contributed by atoms with Crippen LogP contribution in [0.1, 0.15) is 41.5 Å². The number of hydrogen-bond acceptors (Lipinski definition) is 7. The van der Waals surface area contributed by atoms with Gasteiger partial charge in [0, 0.05) is 11.3 Å². The second kappa shape index (κ2) is 11.8. The minimum absolute atomic E-state index is 0.0582. The number of amides is 3. The summed E-state index contributed by atoms with van der Waals surface area (Å²) in [5.74, 6) is -1.78. The molecule has 0 spiro atoms. The Morgan fingerprint density at radius 1 is 0.923 bits per heavy atom. The molecule has 0 saturated heterocycles. The second-order valence-corrected chi connectivity index (χ2v) is 9.10. The quantitative estimate of drug-likeness (QED) is 0.274. The van der Waals surface area contributed by atoms with Crippen molar-refractivity contribution in [3.05, 3.63) is 94.7 Å². The summed E-state index contributed by atoms with van der Waals surface area (Å²) in [5, 5.41) is 5.40. The molecule has 1 aliphatic heterocycles. The van der Waals surface area contributed by atoms with Gasteiger partial charge in [-0.25, -0.2) is 9.69 Å². The van der Waals surface area contributed by atoms with Gasteiger partial charge in [-0.3, -0.25) is 14.4 Å². The topological polar surface area (TPSA) is 114 Å². The van der Waals surface area contributed by atoms with Gasteiger partial charge in [-0.05, 0) is 75.4 Å². The number of carbonyl (C=O) groups excluding carboxylic acids is 4. The number of ether oxygens (including phenoxy) is 2. The van der Waals surface area contributed by atoms with Crippen molar-refractivity contribution in [2.45, 2.75) is 26.9 Å². The summed E-state index contributed by atoms with van der Waals surface area (Å²) in [6.07, 6.45) is -0.0582. The number of nitrogens with zero attached hydrogens (tertiary/aromatic N) is 1. The normalized spacial score (nSPS) is 13.1. The fourth-order valence-corrected chi connectivity index (χ4v) is 4.02. The zero-order valence-electron chi connectivity index (χ0n) is 21.5. The third-order valence-corrected chi connectivity index (χ3v) is 5.91. The average Bonchev–Trinajstić information content (AvgIpc) is 3.13. The van der Waals surface area contributed by atoms with Crippen molar-refractivity contribution in [1.29, 1.82) is 0 Å². The number of halogens is 1. The number of esters is 1. The predicted molar refractivity (Wildman–Crippen MR) is 148 cm³/mol. The standard InChI is InChI=1S/C29H26ClN3O6/c1-4-38-29(37)19-8-7-9-21(16-19)33-27(35)24(30)25(28(33)36)31-20-14-12-18(13-15-20)26(34)32-22-10-5-6-11-23(22)39-17(2)3/h5-17,31H,4H2,1-3H3,(H,32,34). The molecule has 0 aromatic heterocycles. The van der Waals surface area contributed by atoms with Crippen molar-refractivity contribution in [2.75, 3.05) is 22.1 Å². The lowest BCUT2D eigenvalue weighted by Crippen LogP contribution is -2.32. The van der Waals surface area contributed by atoms with E-state index in [9.17, 15) is 19.2 Å². The molecule has 0 fully saturated rings. The van der Waals surface area contributed by atoms with Gasteiger partial charge in [0.2, 0.25) is 0 Å². The molecule has 9 nitrogen and oxygen atoms in total. The van der Waals surface area contributed by atoms with E-state index in [1.807, 2.05) is 19.9 Å². The number of hydrogen-bond donors (Lipinski definition) is 2. The molecule has 0 aliphatic carbocycles. The van der Waals surface area contributed by atoms with Crippen LogP contribution in [-0.4, -0.2) is 36.4 Å². The molecule has 2 N–H and O–H groups in total. The molecule has 4 rings (SSSR count). The summed E-state index contributed by atoms with van der Waals surface area (Å²) in [7, 11) is 0. The molecule has 3 amide bonds. The molecule has 10 heteroatoms. The lowest BCUT2D eigenvalue weighted by molar-refractivity contribution is -0.120. The van der Waals surface area contributed by atoms with E-state index in [1.54, 1.807) is 55.5 Å². The molecule has 0 atom stereocenters. The van der Waals surface area contributed by atoms with E-state index < -0.39 is 17.8 Å². The summed E-state index contributed by atoms with van der Waals surface area (Å²) in [4.78, 5) is 51.7. The fourth-order valence-electron chi connectivity index (χ4n) is 3.80. The van der Waals surface area contributed by atoms with Gasteiger partial charge >= 0.3 is 5.97 Å². The van der Waals surface area contributed by atoms with E-state index in [0.29, 0.717) is 22.7 Å². The average molecular weight is 548 g/mol. The van der Waals surface area contributed by atoms with E-state index >= 15 is 0 Å². The van der Waals surface area contributed by atoms with Crippen molar-refractivity contribution in [3.63, 3.8) is 0 Å². The zero-order chi connectivity index (χ0) is 28.1. The highest BCUT2D eigenvalue weighted by Gasteiger charge is 2.39. The Kier molecular flexibility index (Phi) is 8.31. The van der Waals surface area contributed by atoms with Crippen LogP contribution in [0.25, 0.3) is 0 Å². The van der Waals surface area contributed by atoms with Crippen LogP contribution in [0, 0.1) is 0 Å². The highest BCUT2D eigenvalue weighted by molar-refractivity contribution is 6.53. The van der Waals surface area contributed by atoms with Crippen LogP contribution in [0.4, 0.5) is 17.1 Å². The van der Waals surface area contributed by atoms with Gasteiger partial charge in [0.15, 0.2) is 0 Å². The van der Waals surface area contributed by atoms with Crippen molar-refractivity contribution in [1.82, 2.24) is 0 Å². The van der Waals surface area contributed by atoms with Crippen LogP contribution in [-0.2, 0) is 14.3 Å². The monoisotopic (exact) mass is 547 g/mol. The fraction of sp³-hybridized carbons (Fsp3) is 0.172. The van der Waals surface area contributed by atoms with Crippen LogP contribution < -0.4 is 20.3 Å². The maximum absolute atomic E-state index is 13.1. The summed E-state index contributed by atoms with van der Waals surface area (Å²) in [6.45, 7) is 5.66. The molecule has 0 unspecified atom stereocenters. The largest absolute Gasteiger partial charge is 0.489 e. The van der Waals surface area contributed by atoms with Crippen LogP contribution in [0.3, 0.4) is 0 Å². The summed E-state index contributed by atoms with van der Waals surface area (Å²) in [5.41, 5.74) is 1.59. The van der Waals surface area contributed by atoms with Crippen LogP contribution >= 0.6 is 11.6 Å². The van der Waals surface area contributed by atoms with E-state index in [1.165, 1.54) is 18.2 Å². The van der Waals surface area contributed by atoms with E-state index in [2.05, 4.69) is 10.6 Å². The van der Waals surface area contributed by atoms with Crippen LogP contribution in [0.5, 0.6) is 5.75 Å². The van der Waals surface area contributed by atoms with Gasteiger partial charge in [0.05, 0.1) is 29.6 Å². The number of rotatable bonds is 9. The van der Waals surface area contributed by atoms with Crippen molar-refractivity contribution < 1.29 is 28.7 Å². The van der Waals surface area contributed by atoms with Crippen molar-refractivity contribution >= 4 is 52.4 Å². The van der Waals surface area contributed by atoms with E-state index in [4.69, 9.17) is 21.1 Å². The van der Waals surface area contributed by atoms with Crippen molar-refractivity contribution in [3.8, 4) is 5.75 Å². The minimum Gasteiger partial charge on any atom is -0.489 e. The number of anilines is 3. The Balaban J connectivity index is 1.47. The molecular weight excluding hydrogens is 522 g/mol. The third-order valence-electron chi connectivity index (χ3n) is 5.56. The minimum atomic E-state index is -0.733. The second-order valence-electron chi connectivity index (χ2n) is 8.72. The third kappa shape index (κ3) is 6.10. The smallest absolute Gasteiger partial charge is 0.338 e. The first kappa shape index (κ1) is 27.4. The lowest BCUT2D eigenvalue weighted by atomic mass is 10.1. The first-order valence-corrected chi connectivity index (χ1v) is 12.6. The molecule has 0 radical (unpaired) electrons. The number of para-hydroxylation sites is 2. The molecule has 1 aliphatic rings. The highest BCUT2D eigenvalue weighted by Crippen LogP contribution is 2.31. The summed E-state index contributed by atoms with van der Waals surface area (Å²) < 4.78 is 10.7. The molecule has 0 bridgehead atoms. The Hall–Kier alpha value is -4.63.